The molecule has 144 valence electrons. The molecule has 0 bridgehead atoms. The van der Waals surface area contributed by atoms with Crippen LogP contribution in [-0.2, 0) is 23.8 Å². The van der Waals surface area contributed by atoms with Crippen molar-refractivity contribution in [2.24, 2.45) is 10.8 Å². The van der Waals surface area contributed by atoms with Gasteiger partial charge in [-0.05, 0) is 59.3 Å². The Bertz CT molecular complexity index is 506. The minimum absolute atomic E-state index is 0.0954. The zero-order chi connectivity index (χ0) is 18.8. The van der Waals surface area contributed by atoms with Crippen LogP contribution >= 0.6 is 0 Å². The van der Waals surface area contributed by atoms with E-state index in [1.807, 2.05) is 20.8 Å². The molecule has 1 saturated heterocycles. The fourth-order valence-electron chi connectivity index (χ4n) is 3.51. The quantitative estimate of drug-likeness (QED) is 0.429. The van der Waals surface area contributed by atoms with Gasteiger partial charge in [0.2, 0.25) is 6.29 Å². The Balaban J connectivity index is 1.88. The number of epoxide rings is 1. The van der Waals surface area contributed by atoms with Gasteiger partial charge in [0.1, 0.15) is 0 Å². The number of carbonyl (C=O) groups excluding carboxylic acids is 2. The molecule has 0 amide bonds. The Kier molecular flexibility index (Phi) is 6.15. The Morgan fingerprint density at radius 1 is 1.40 bits per heavy atom. The van der Waals surface area contributed by atoms with Gasteiger partial charge in [0.15, 0.2) is 0 Å². The summed E-state index contributed by atoms with van der Waals surface area (Å²) < 4.78 is 16.2. The predicted octanol–water partition coefficient (Wildman–Crippen LogP) is 2.95. The van der Waals surface area contributed by atoms with Crippen molar-refractivity contribution in [3.8, 4) is 0 Å². The smallest absolute Gasteiger partial charge is 0.314 e. The Hall–Kier alpha value is -1.14. The van der Waals surface area contributed by atoms with E-state index < -0.39 is 29.2 Å². The SMILES string of the molecule is CCC(C)(CC1OC1C)C(=O)OC(C)OC(=O)C1(C)CCCC(O)C1. The van der Waals surface area contributed by atoms with Crippen LogP contribution in [-0.4, -0.2) is 41.6 Å². The van der Waals surface area contributed by atoms with Crippen LogP contribution in [0.1, 0.15) is 73.1 Å². The highest BCUT2D eigenvalue weighted by Crippen LogP contribution is 2.39. The van der Waals surface area contributed by atoms with Crippen LogP contribution in [0.3, 0.4) is 0 Å². The molecule has 1 aliphatic carbocycles. The third-order valence-corrected chi connectivity index (χ3v) is 5.75. The number of ether oxygens (including phenoxy) is 3. The fourth-order valence-corrected chi connectivity index (χ4v) is 3.51. The van der Waals surface area contributed by atoms with Gasteiger partial charge in [0, 0.05) is 6.92 Å². The van der Waals surface area contributed by atoms with Gasteiger partial charge in [-0.15, -0.1) is 0 Å². The van der Waals surface area contributed by atoms with E-state index in [1.54, 1.807) is 13.8 Å². The number of hydrogen-bond acceptors (Lipinski definition) is 6. The molecule has 2 fully saturated rings. The lowest BCUT2D eigenvalue weighted by atomic mass is 9.74. The van der Waals surface area contributed by atoms with Crippen molar-refractivity contribution >= 4 is 11.9 Å². The lowest BCUT2D eigenvalue weighted by Gasteiger charge is -2.35. The fraction of sp³-hybridized carbons (Fsp3) is 0.895. The molecule has 1 aliphatic heterocycles. The van der Waals surface area contributed by atoms with Crippen LogP contribution in [0.5, 0.6) is 0 Å². The van der Waals surface area contributed by atoms with Crippen molar-refractivity contribution in [1.82, 2.24) is 0 Å². The summed E-state index contributed by atoms with van der Waals surface area (Å²) in [6.07, 6.45) is 2.65. The summed E-state index contributed by atoms with van der Waals surface area (Å²) in [7, 11) is 0. The molecule has 6 unspecified atom stereocenters. The van der Waals surface area contributed by atoms with Crippen molar-refractivity contribution in [3.05, 3.63) is 0 Å². The molecule has 0 spiro atoms. The summed E-state index contributed by atoms with van der Waals surface area (Å²) >= 11 is 0. The largest absolute Gasteiger partial charge is 0.425 e. The monoisotopic (exact) mass is 356 g/mol. The molecular formula is C19H32O6. The predicted molar refractivity (Wildman–Crippen MR) is 91.6 cm³/mol. The second-order valence-corrected chi connectivity index (χ2v) is 8.19. The molecular weight excluding hydrogens is 324 g/mol. The van der Waals surface area contributed by atoms with Crippen molar-refractivity contribution < 1.29 is 28.9 Å². The molecule has 1 saturated carbocycles. The van der Waals surface area contributed by atoms with E-state index in [-0.39, 0.29) is 18.2 Å². The third-order valence-electron chi connectivity index (χ3n) is 5.75. The molecule has 0 aromatic carbocycles. The third kappa shape index (κ3) is 4.94. The van der Waals surface area contributed by atoms with Crippen molar-refractivity contribution in [1.29, 1.82) is 0 Å². The number of hydrogen-bond donors (Lipinski definition) is 1. The van der Waals surface area contributed by atoms with Gasteiger partial charge in [-0.3, -0.25) is 9.59 Å². The normalized spacial score (nSPS) is 35.4. The first-order chi connectivity index (χ1) is 11.6. The summed E-state index contributed by atoms with van der Waals surface area (Å²) in [5.41, 5.74) is -1.37. The minimum atomic E-state index is -0.945. The van der Waals surface area contributed by atoms with Gasteiger partial charge in [-0.2, -0.15) is 0 Å². The Labute approximate surface area is 150 Å². The van der Waals surface area contributed by atoms with Gasteiger partial charge in [0.05, 0.1) is 29.1 Å². The highest BCUT2D eigenvalue weighted by atomic mass is 16.7. The second kappa shape index (κ2) is 7.62. The summed E-state index contributed by atoms with van der Waals surface area (Å²) in [6, 6.07) is 0. The molecule has 6 nitrogen and oxygen atoms in total. The van der Waals surface area contributed by atoms with E-state index in [0.29, 0.717) is 32.1 Å². The van der Waals surface area contributed by atoms with E-state index in [2.05, 4.69) is 0 Å². The summed E-state index contributed by atoms with van der Waals surface area (Å²) in [5, 5.41) is 9.82. The van der Waals surface area contributed by atoms with Gasteiger partial charge in [-0.25, -0.2) is 0 Å². The lowest BCUT2D eigenvalue weighted by molar-refractivity contribution is -0.200. The van der Waals surface area contributed by atoms with Crippen LogP contribution < -0.4 is 0 Å². The average Bonchev–Trinajstić information content (AvgIpc) is 3.21. The first-order valence-electron chi connectivity index (χ1n) is 9.35. The van der Waals surface area contributed by atoms with Crippen molar-refractivity contribution in [2.45, 2.75) is 97.7 Å². The Morgan fingerprint density at radius 2 is 2.04 bits per heavy atom. The van der Waals surface area contributed by atoms with E-state index in [1.165, 1.54) is 0 Å². The maximum Gasteiger partial charge on any atom is 0.314 e. The molecule has 0 aromatic heterocycles. The summed E-state index contributed by atoms with van der Waals surface area (Å²) in [5.74, 6) is -0.782. The second-order valence-electron chi connectivity index (χ2n) is 8.19. The molecule has 6 atom stereocenters. The molecule has 2 aliphatic rings. The molecule has 1 N–H and O–H groups in total. The van der Waals surface area contributed by atoms with Crippen molar-refractivity contribution in [2.75, 3.05) is 0 Å². The van der Waals surface area contributed by atoms with Crippen LogP contribution in [0.4, 0.5) is 0 Å². The molecule has 25 heavy (non-hydrogen) atoms. The van der Waals surface area contributed by atoms with E-state index in [0.717, 1.165) is 6.42 Å². The summed E-state index contributed by atoms with van der Waals surface area (Å²) in [4.78, 5) is 25.0. The van der Waals surface area contributed by atoms with Crippen LogP contribution in [0.25, 0.3) is 0 Å². The molecule has 2 rings (SSSR count). The topological polar surface area (TPSA) is 85.4 Å². The number of carbonyl (C=O) groups is 2. The lowest BCUT2D eigenvalue weighted by Crippen LogP contribution is -2.40. The number of aliphatic hydroxyl groups is 1. The maximum absolute atomic E-state index is 12.6. The Morgan fingerprint density at radius 3 is 2.56 bits per heavy atom. The standard InChI is InChI=1S/C19H32O6/c1-6-18(4,11-15-12(2)23-15)16(21)24-13(3)25-17(22)19(5)9-7-8-14(20)10-19/h12-15,20H,6-11H2,1-5H3. The van der Waals surface area contributed by atoms with Crippen LogP contribution in [0.2, 0.25) is 0 Å². The number of aliphatic hydroxyl groups excluding tert-OH is 1. The zero-order valence-corrected chi connectivity index (χ0v) is 16.0. The molecule has 0 aromatic rings. The number of rotatable bonds is 7. The maximum atomic E-state index is 12.6. The van der Waals surface area contributed by atoms with E-state index in [9.17, 15) is 14.7 Å². The summed E-state index contributed by atoms with van der Waals surface area (Å²) in [6.45, 7) is 9.14. The van der Waals surface area contributed by atoms with E-state index in [4.69, 9.17) is 14.2 Å². The van der Waals surface area contributed by atoms with Gasteiger partial charge >= 0.3 is 11.9 Å². The zero-order valence-electron chi connectivity index (χ0n) is 16.0. The van der Waals surface area contributed by atoms with Crippen LogP contribution in [0.15, 0.2) is 0 Å². The van der Waals surface area contributed by atoms with Crippen LogP contribution in [0, 0.1) is 10.8 Å². The molecule has 6 heteroatoms. The molecule has 1 heterocycles. The average molecular weight is 356 g/mol. The minimum Gasteiger partial charge on any atom is -0.425 e. The van der Waals surface area contributed by atoms with Gasteiger partial charge < -0.3 is 19.3 Å². The van der Waals surface area contributed by atoms with E-state index >= 15 is 0 Å². The highest BCUT2D eigenvalue weighted by molar-refractivity contribution is 5.78. The van der Waals surface area contributed by atoms with Gasteiger partial charge in [-0.1, -0.05) is 6.92 Å². The first-order valence-corrected chi connectivity index (χ1v) is 9.35. The van der Waals surface area contributed by atoms with Gasteiger partial charge in [0.25, 0.3) is 0 Å². The molecule has 0 radical (unpaired) electrons. The highest BCUT2D eigenvalue weighted by Gasteiger charge is 2.45. The first kappa shape index (κ1) is 20.2. The number of esters is 2. The van der Waals surface area contributed by atoms with Crippen molar-refractivity contribution in [3.63, 3.8) is 0 Å².